The smallest absolute Gasteiger partial charge is 0.269 e. The Hall–Kier alpha value is -2.02. The van der Waals surface area contributed by atoms with Gasteiger partial charge in [0, 0.05) is 29.4 Å². The Morgan fingerprint density at radius 2 is 1.87 bits per heavy atom. The molecule has 162 valence electrons. The highest BCUT2D eigenvalue weighted by molar-refractivity contribution is 8.02. The van der Waals surface area contributed by atoms with Gasteiger partial charge in [-0.1, -0.05) is 42.8 Å². The minimum atomic E-state index is -1.07. The van der Waals surface area contributed by atoms with E-state index >= 15 is 0 Å². The summed E-state index contributed by atoms with van der Waals surface area (Å²) in [5, 5.41) is 0.593. The van der Waals surface area contributed by atoms with Crippen LogP contribution in [0.4, 0.5) is 11.4 Å². The highest BCUT2D eigenvalue weighted by Crippen LogP contribution is 2.55. The number of piperidine rings is 1. The summed E-state index contributed by atoms with van der Waals surface area (Å²) in [6.45, 7) is 6.75. The van der Waals surface area contributed by atoms with Gasteiger partial charge in [-0.15, -0.1) is 11.8 Å². The lowest BCUT2D eigenvalue weighted by Crippen LogP contribution is -2.52. The average molecular weight is 456 g/mol. The number of hydrogen-bond acceptors (Lipinski definition) is 4. The molecule has 3 aliphatic heterocycles. The fourth-order valence-corrected chi connectivity index (χ4v) is 6.35. The maximum absolute atomic E-state index is 14.1. The normalized spacial score (nSPS) is 24.5. The summed E-state index contributed by atoms with van der Waals surface area (Å²) in [6.07, 6.45) is 2.30. The van der Waals surface area contributed by atoms with Crippen LogP contribution in [0.1, 0.15) is 30.9 Å². The van der Waals surface area contributed by atoms with Crippen LogP contribution in [0.5, 0.6) is 0 Å². The van der Waals surface area contributed by atoms with Gasteiger partial charge in [0.1, 0.15) is 0 Å². The van der Waals surface area contributed by atoms with Crippen molar-refractivity contribution < 1.29 is 9.59 Å². The molecule has 0 aromatic heterocycles. The van der Waals surface area contributed by atoms with E-state index in [1.54, 1.807) is 11.0 Å². The highest BCUT2D eigenvalue weighted by atomic mass is 35.5. The number of para-hydroxylation sites is 1. The van der Waals surface area contributed by atoms with Crippen LogP contribution in [0.25, 0.3) is 0 Å². The second-order valence-electron chi connectivity index (χ2n) is 8.79. The number of aryl methyl sites for hydroxylation is 1. The third-order valence-electron chi connectivity index (χ3n) is 6.70. The van der Waals surface area contributed by atoms with Crippen molar-refractivity contribution in [2.45, 2.75) is 31.6 Å². The molecular formula is C24H26ClN3O2S. The number of rotatable bonds is 3. The molecule has 3 aliphatic rings. The zero-order valence-corrected chi connectivity index (χ0v) is 19.4. The summed E-state index contributed by atoms with van der Waals surface area (Å²) in [7, 11) is 0. The molecule has 0 radical (unpaired) electrons. The summed E-state index contributed by atoms with van der Waals surface area (Å²) >= 11 is 7.81. The predicted octanol–water partition coefficient (Wildman–Crippen LogP) is 4.62. The van der Waals surface area contributed by atoms with Crippen molar-refractivity contribution in [3.05, 3.63) is 58.6 Å². The van der Waals surface area contributed by atoms with E-state index < -0.39 is 4.87 Å². The zero-order chi connectivity index (χ0) is 21.8. The van der Waals surface area contributed by atoms with Gasteiger partial charge in [0.25, 0.3) is 5.91 Å². The first-order valence-corrected chi connectivity index (χ1v) is 12.1. The van der Waals surface area contributed by atoms with Crippen LogP contribution in [0.3, 0.4) is 0 Å². The summed E-state index contributed by atoms with van der Waals surface area (Å²) in [5.41, 5.74) is 3.40. The molecule has 0 bridgehead atoms. The summed E-state index contributed by atoms with van der Waals surface area (Å²) in [4.78, 5) is 32.0. The van der Waals surface area contributed by atoms with Gasteiger partial charge in [-0.05, 0) is 49.4 Å². The molecule has 5 rings (SSSR count). The van der Waals surface area contributed by atoms with Gasteiger partial charge < -0.3 is 0 Å². The molecule has 2 fully saturated rings. The van der Waals surface area contributed by atoms with Gasteiger partial charge in [0.15, 0.2) is 0 Å². The fraction of sp³-hybridized carbons (Fsp3) is 0.417. The number of amides is 2. The molecule has 5 nitrogen and oxygen atoms in total. The molecule has 2 aromatic rings. The molecular weight excluding hydrogens is 430 g/mol. The second kappa shape index (κ2) is 7.84. The molecule has 0 saturated carbocycles. The summed E-state index contributed by atoms with van der Waals surface area (Å²) in [6, 6.07) is 13.5. The van der Waals surface area contributed by atoms with Crippen LogP contribution in [-0.4, -0.2) is 42.2 Å². The standard InChI is InChI=1S/C24H26ClN3O2S/c1-16-9-11-26(12-10-16)15-27-21-6-4-3-5-19(21)24(23(27)30)28(22(29)14-31-24)18-8-7-17(2)20(25)13-18/h3-8,13,16H,9-12,14-15H2,1-2H3. The van der Waals surface area contributed by atoms with E-state index in [0.29, 0.717) is 17.4 Å². The van der Waals surface area contributed by atoms with Crippen molar-refractivity contribution in [3.63, 3.8) is 0 Å². The SMILES string of the molecule is Cc1ccc(N2C(=O)CSC23C(=O)N(CN2CCC(C)CC2)c2ccccc23)cc1Cl. The first kappa shape index (κ1) is 20.9. The topological polar surface area (TPSA) is 43.9 Å². The number of halogens is 1. The molecule has 1 spiro atoms. The van der Waals surface area contributed by atoms with Crippen molar-refractivity contribution in [2.75, 3.05) is 35.3 Å². The average Bonchev–Trinajstić information content (AvgIpc) is 3.23. The lowest BCUT2D eigenvalue weighted by molar-refractivity contribution is -0.124. The molecule has 0 aliphatic carbocycles. The zero-order valence-electron chi connectivity index (χ0n) is 17.8. The lowest BCUT2D eigenvalue weighted by Gasteiger charge is -2.36. The Morgan fingerprint density at radius 3 is 2.61 bits per heavy atom. The Labute approximate surface area is 192 Å². The molecule has 2 aromatic carbocycles. The van der Waals surface area contributed by atoms with Gasteiger partial charge >= 0.3 is 0 Å². The van der Waals surface area contributed by atoms with Crippen molar-refractivity contribution in [2.24, 2.45) is 5.92 Å². The van der Waals surface area contributed by atoms with Crippen molar-refractivity contribution in [1.82, 2.24) is 4.90 Å². The van der Waals surface area contributed by atoms with E-state index in [1.807, 2.05) is 48.2 Å². The molecule has 0 N–H and O–H groups in total. The Bertz CT molecular complexity index is 1050. The maximum Gasteiger partial charge on any atom is 0.269 e. The van der Waals surface area contributed by atoms with Crippen LogP contribution >= 0.6 is 23.4 Å². The van der Waals surface area contributed by atoms with E-state index in [2.05, 4.69) is 11.8 Å². The van der Waals surface area contributed by atoms with Gasteiger partial charge in [0.05, 0.1) is 18.1 Å². The summed E-state index contributed by atoms with van der Waals surface area (Å²) in [5.74, 6) is 0.885. The molecule has 2 saturated heterocycles. The molecule has 31 heavy (non-hydrogen) atoms. The number of anilines is 2. The first-order chi connectivity index (χ1) is 14.9. The fourth-order valence-electron chi connectivity index (χ4n) is 4.82. The largest absolute Gasteiger partial charge is 0.295 e. The minimum Gasteiger partial charge on any atom is -0.295 e. The Morgan fingerprint density at radius 1 is 1.13 bits per heavy atom. The van der Waals surface area contributed by atoms with E-state index in [0.717, 1.165) is 48.7 Å². The molecule has 3 heterocycles. The number of nitrogens with zero attached hydrogens (tertiary/aromatic N) is 3. The number of likely N-dealkylation sites (tertiary alicyclic amines) is 1. The number of thioether (sulfide) groups is 1. The third kappa shape index (κ3) is 3.27. The van der Waals surface area contributed by atoms with Gasteiger partial charge in [-0.2, -0.15) is 0 Å². The van der Waals surface area contributed by atoms with Gasteiger partial charge in [0.2, 0.25) is 10.8 Å². The first-order valence-electron chi connectivity index (χ1n) is 10.8. The predicted molar refractivity (Wildman–Crippen MR) is 127 cm³/mol. The van der Waals surface area contributed by atoms with Crippen molar-refractivity contribution in [3.8, 4) is 0 Å². The van der Waals surface area contributed by atoms with E-state index in [-0.39, 0.29) is 17.6 Å². The minimum absolute atomic E-state index is 0.0418. The Kier molecular flexibility index (Phi) is 5.27. The molecule has 7 heteroatoms. The van der Waals surface area contributed by atoms with Crippen LogP contribution in [0, 0.1) is 12.8 Å². The third-order valence-corrected chi connectivity index (χ3v) is 8.49. The summed E-state index contributed by atoms with van der Waals surface area (Å²) < 4.78 is 0. The maximum atomic E-state index is 14.1. The second-order valence-corrected chi connectivity index (χ2v) is 10.4. The lowest BCUT2D eigenvalue weighted by atomic mass is 10.00. The van der Waals surface area contributed by atoms with E-state index in [9.17, 15) is 9.59 Å². The van der Waals surface area contributed by atoms with Crippen LogP contribution in [-0.2, 0) is 14.5 Å². The highest BCUT2D eigenvalue weighted by Gasteiger charge is 2.61. The van der Waals surface area contributed by atoms with E-state index in [4.69, 9.17) is 11.6 Å². The van der Waals surface area contributed by atoms with Gasteiger partial charge in [-0.25, -0.2) is 0 Å². The number of carbonyl (C=O) groups excluding carboxylic acids is 2. The van der Waals surface area contributed by atoms with Crippen molar-refractivity contribution in [1.29, 1.82) is 0 Å². The van der Waals surface area contributed by atoms with E-state index in [1.165, 1.54) is 11.8 Å². The molecule has 2 amide bonds. The Balaban J connectivity index is 1.57. The van der Waals surface area contributed by atoms with Crippen LogP contribution < -0.4 is 9.80 Å². The van der Waals surface area contributed by atoms with Crippen LogP contribution in [0.15, 0.2) is 42.5 Å². The quantitative estimate of drug-likeness (QED) is 0.677. The molecule has 1 atom stereocenters. The van der Waals surface area contributed by atoms with Crippen molar-refractivity contribution >= 4 is 46.6 Å². The number of hydrogen-bond donors (Lipinski definition) is 0. The monoisotopic (exact) mass is 455 g/mol. The molecule has 1 unspecified atom stereocenters. The number of benzene rings is 2. The number of fused-ring (bicyclic) bond motifs is 2. The van der Waals surface area contributed by atoms with Gasteiger partial charge in [-0.3, -0.25) is 24.3 Å². The van der Waals surface area contributed by atoms with Crippen LogP contribution in [0.2, 0.25) is 5.02 Å². The number of carbonyl (C=O) groups is 2.